The first kappa shape index (κ1) is 12.2. The standard InChI is InChI=1S/C12H9BrClNO2/c1-16-10-3-2-6-15-12(10)17-11-7-8(13)4-5-9(11)14/h2-7H,1H3. The highest BCUT2D eigenvalue weighted by molar-refractivity contribution is 9.10. The number of methoxy groups -OCH3 is 1. The van der Waals surface area contributed by atoms with Crippen LogP contribution >= 0.6 is 27.5 Å². The van der Waals surface area contributed by atoms with Crippen molar-refractivity contribution in [2.75, 3.05) is 7.11 Å². The number of hydrogen-bond donors (Lipinski definition) is 0. The molecule has 88 valence electrons. The van der Waals surface area contributed by atoms with Crippen LogP contribution in [0.3, 0.4) is 0 Å². The van der Waals surface area contributed by atoms with Gasteiger partial charge in [0.1, 0.15) is 5.75 Å². The molecule has 2 rings (SSSR count). The smallest absolute Gasteiger partial charge is 0.262 e. The van der Waals surface area contributed by atoms with E-state index in [0.29, 0.717) is 22.4 Å². The van der Waals surface area contributed by atoms with Gasteiger partial charge in [0.05, 0.1) is 12.1 Å². The SMILES string of the molecule is COc1cccnc1Oc1cc(Br)ccc1Cl. The van der Waals surface area contributed by atoms with Gasteiger partial charge in [0.25, 0.3) is 5.88 Å². The average Bonchev–Trinajstić information content (AvgIpc) is 2.34. The Morgan fingerprint density at radius 2 is 2.06 bits per heavy atom. The second-order valence-electron chi connectivity index (χ2n) is 3.19. The lowest BCUT2D eigenvalue weighted by Gasteiger charge is -2.09. The minimum atomic E-state index is 0.384. The van der Waals surface area contributed by atoms with Gasteiger partial charge in [0.2, 0.25) is 0 Å². The Balaban J connectivity index is 2.34. The van der Waals surface area contributed by atoms with Crippen LogP contribution in [0.25, 0.3) is 0 Å². The van der Waals surface area contributed by atoms with Crippen LogP contribution < -0.4 is 9.47 Å². The molecule has 0 atom stereocenters. The molecule has 2 aromatic rings. The first-order valence-electron chi connectivity index (χ1n) is 4.82. The predicted molar refractivity (Wildman–Crippen MR) is 70.0 cm³/mol. The quantitative estimate of drug-likeness (QED) is 0.846. The summed E-state index contributed by atoms with van der Waals surface area (Å²) >= 11 is 9.38. The summed E-state index contributed by atoms with van der Waals surface area (Å²) in [5.41, 5.74) is 0. The van der Waals surface area contributed by atoms with Gasteiger partial charge in [-0.1, -0.05) is 27.5 Å². The third-order valence-corrected chi connectivity index (χ3v) is 2.86. The van der Waals surface area contributed by atoms with E-state index in [1.54, 1.807) is 37.6 Å². The van der Waals surface area contributed by atoms with E-state index in [9.17, 15) is 0 Å². The Labute approximate surface area is 112 Å². The Hall–Kier alpha value is -1.26. The van der Waals surface area contributed by atoms with Crippen LogP contribution in [0.5, 0.6) is 17.4 Å². The normalized spacial score (nSPS) is 10.1. The number of halogens is 2. The van der Waals surface area contributed by atoms with E-state index >= 15 is 0 Å². The highest BCUT2D eigenvalue weighted by atomic mass is 79.9. The van der Waals surface area contributed by atoms with Crippen molar-refractivity contribution in [1.29, 1.82) is 0 Å². The molecule has 0 aliphatic rings. The van der Waals surface area contributed by atoms with Crippen molar-refractivity contribution in [3.05, 3.63) is 46.0 Å². The molecule has 0 bridgehead atoms. The van der Waals surface area contributed by atoms with Crippen LogP contribution in [-0.4, -0.2) is 12.1 Å². The summed E-state index contributed by atoms with van der Waals surface area (Å²) in [6, 6.07) is 8.90. The van der Waals surface area contributed by atoms with Crippen molar-refractivity contribution >= 4 is 27.5 Å². The minimum Gasteiger partial charge on any atom is -0.491 e. The van der Waals surface area contributed by atoms with Crippen LogP contribution in [0.15, 0.2) is 41.0 Å². The molecule has 0 saturated carbocycles. The Kier molecular flexibility index (Phi) is 3.86. The lowest BCUT2D eigenvalue weighted by atomic mass is 10.3. The van der Waals surface area contributed by atoms with Crippen molar-refractivity contribution in [2.24, 2.45) is 0 Å². The van der Waals surface area contributed by atoms with Crippen LogP contribution in [-0.2, 0) is 0 Å². The van der Waals surface area contributed by atoms with E-state index in [1.165, 1.54) is 0 Å². The Morgan fingerprint density at radius 3 is 2.82 bits per heavy atom. The molecule has 0 aliphatic carbocycles. The second kappa shape index (κ2) is 5.38. The molecule has 0 spiro atoms. The predicted octanol–water partition coefficient (Wildman–Crippen LogP) is 4.30. The highest BCUT2D eigenvalue weighted by Crippen LogP contribution is 2.34. The van der Waals surface area contributed by atoms with Gasteiger partial charge >= 0.3 is 0 Å². The first-order valence-corrected chi connectivity index (χ1v) is 5.99. The van der Waals surface area contributed by atoms with Crippen molar-refractivity contribution in [3.8, 4) is 17.4 Å². The third kappa shape index (κ3) is 2.90. The summed E-state index contributed by atoms with van der Waals surface area (Å²) in [5, 5.41) is 0.515. The maximum atomic E-state index is 6.03. The van der Waals surface area contributed by atoms with Gasteiger partial charge < -0.3 is 9.47 Å². The van der Waals surface area contributed by atoms with Gasteiger partial charge in [-0.2, -0.15) is 0 Å². The number of aromatic nitrogens is 1. The summed E-state index contributed by atoms with van der Waals surface area (Å²) in [6.07, 6.45) is 1.63. The zero-order valence-electron chi connectivity index (χ0n) is 8.98. The van der Waals surface area contributed by atoms with E-state index in [0.717, 1.165) is 4.47 Å². The molecule has 17 heavy (non-hydrogen) atoms. The third-order valence-electron chi connectivity index (χ3n) is 2.06. The number of pyridine rings is 1. The van der Waals surface area contributed by atoms with Crippen molar-refractivity contribution in [3.63, 3.8) is 0 Å². The Bertz CT molecular complexity index is 534. The van der Waals surface area contributed by atoms with E-state index in [2.05, 4.69) is 20.9 Å². The molecule has 0 amide bonds. The van der Waals surface area contributed by atoms with Crippen LogP contribution in [0.2, 0.25) is 5.02 Å². The van der Waals surface area contributed by atoms with Crippen LogP contribution in [0.1, 0.15) is 0 Å². The molecular weight excluding hydrogens is 305 g/mol. The second-order valence-corrected chi connectivity index (χ2v) is 4.51. The zero-order chi connectivity index (χ0) is 12.3. The molecule has 3 nitrogen and oxygen atoms in total. The summed E-state index contributed by atoms with van der Waals surface area (Å²) in [7, 11) is 1.56. The Morgan fingerprint density at radius 1 is 1.24 bits per heavy atom. The van der Waals surface area contributed by atoms with E-state index in [1.807, 2.05) is 6.07 Å². The van der Waals surface area contributed by atoms with E-state index in [-0.39, 0.29) is 0 Å². The van der Waals surface area contributed by atoms with Crippen molar-refractivity contribution in [2.45, 2.75) is 0 Å². The molecule has 1 aromatic heterocycles. The topological polar surface area (TPSA) is 31.4 Å². The fraction of sp³-hybridized carbons (Fsp3) is 0.0833. The fourth-order valence-electron chi connectivity index (χ4n) is 1.27. The lowest BCUT2D eigenvalue weighted by molar-refractivity contribution is 0.369. The number of benzene rings is 1. The number of rotatable bonds is 3. The largest absolute Gasteiger partial charge is 0.491 e. The van der Waals surface area contributed by atoms with Gasteiger partial charge in [0.15, 0.2) is 5.75 Å². The molecule has 0 N–H and O–H groups in total. The number of nitrogens with zero attached hydrogens (tertiary/aromatic N) is 1. The molecule has 0 aliphatic heterocycles. The first-order chi connectivity index (χ1) is 8.20. The molecule has 5 heteroatoms. The van der Waals surface area contributed by atoms with Crippen molar-refractivity contribution < 1.29 is 9.47 Å². The van der Waals surface area contributed by atoms with Gasteiger partial charge in [-0.25, -0.2) is 4.98 Å². The summed E-state index contributed by atoms with van der Waals surface area (Å²) in [5.74, 6) is 1.47. The average molecular weight is 315 g/mol. The van der Waals surface area contributed by atoms with E-state index in [4.69, 9.17) is 21.1 Å². The van der Waals surface area contributed by atoms with Crippen molar-refractivity contribution in [1.82, 2.24) is 4.98 Å². The summed E-state index contributed by atoms with van der Waals surface area (Å²) < 4.78 is 11.6. The fourth-order valence-corrected chi connectivity index (χ4v) is 1.76. The molecule has 0 unspecified atom stereocenters. The summed E-state index contributed by atoms with van der Waals surface area (Å²) in [6.45, 7) is 0. The maximum absolute atomic E-state index is 6.03. The number of hydrogen-bond acceptors (Lipinski definition) is 3. The summed E-state index contributed by atoms with van der Waals surface area (Å²) in [4.78, 5) is 4.09. The molecule has 0 saturated heterocycles. The van der Waals surface area contributed by atoms with Gasteiger partial charge in [-0.05, 0) is 30.3 Å². The van der Waals surface area contributed by atoms with Crippen LogP contribution in [0.4, 0.5) is 0 Å². The van der Waals surface area contributed by atoms with Crippen LogP contribution in [0, 0.1) is 0 Å². The number of ether oxygens (including phenoxy) is 2. The van der Waals surface area contributed by atoms with E-state index < -0.39 is 0 Å². The lowest BCUT2D eigenvalue weighted by Crippen LogP contribution is -1.93. The zero-order valence-corrected chi connectivity index (χ0v) is 11.3. The molecular formula is C12H9BrClNO2. The molecule has 1 heterocycles. The molecule has 1 aromatic carbocycles. The maximum Gasteiger partial charge on any atom is 0.262 e. The van der Waals surface area contributed by atoms with Gasteiger partial charge in [-0.15, -0.1) is 0 Å². The van der Waals surface area contributed by atoms with Gasteiger partial charge in [-0.3, -0.25) is 0 Å². The molecule has 0 radical (unpaired) electrons. The highest BCUT2D eigenvalue weighted by Gasteiger charge is 2.09. The van der Waals surface area contributed by atoms with Gasteiger partial charge in [0, 0.05) is 10.7 Å². The minimum absolute atomic E-state index is 0.384. The molecule has 0 fully saturated rings. The monoisotopic (exact) mass is 313 g/mol.